The molecule has 0 unspecified atom stereocenters. The van der Waals surface area contributed by atoms with E-state index in [4.69, 9.17) is 16.9 Å². The Bertz CT molecular complexity index is 394. The number of benzene rings is 1. The van der Waals surface area contributed by atoms with Crippen molar-refractivity contribution in [1.82, 2.24) is 4.90 Å². The van der Waals surface area contributed by atoms with Gasteiger partial charge in [0.2, 0.25) is 0 Å². The second kappa shape index (κ2) is 7.16. The quantitative estimate of drug-likeness (QED) is 0.845. The Morgan fingerprint density at radius 1 is 1.35 bits per heavy atom. The van der Waals surface area contributed by atoms with E-state index >= 15 is 0 Å². The fourth-order valence-electron chi connectivity index (χ4n) is 1.68. The Morgan fingerprint density at radius 2 is 2.06 bits per heavy atom. The minimum atomic E-state index is 0.594. The van der Waals surface area contributed by atoms with Gasteiger partial charge in [0.1, 0.15) is 6.07 Å². The maximum absolute atomic E-state index is 8.98. The Labute approximate surface area is 108 Å². The number of nitrogens with zero attached hydrogens (tertiary/aromatic N) is 2. The van der Waals surface area contributed by atoms with Crippen molar-refractivity contribution >= 4 is 17.3 Å². The van der Waals surface area contributed by atoms with Crippen LogP contribution >= 0.6 is 11.6 Å². The Hall–Kier alpha value is -1.24. The number of likely N-dealkylation sites (N-methyl/N-ethyl adjacent to an activating group) is 1. The van der Waals surface area contributed by atoms with Gasteiger partial charge in [-0.2, -0.15) is 5.26 Å². The lowest BCUT2D eigenvalue weighted by molar-refractivity contribution is 0.316. The summed E-state index contributed by atoms with van der Waals surface area (Å²) in [6, 6.07) is 7.49. The lowest BCUT2D eigenvalue weighted by Gasteiger charge is -2.19. The number of nitriles is 1. The second-order valence-electron chi connectivity index (χ2n) is 3.73. The van der Waals surface area contributed by atoms with Crippen LogP contribution in [0.1, 0.15) is 19.4 Å². The van der Waals surface area contributed by atoms with Crippen LogP contribution < -0.4 is 5.32 Å². The molecule has 0 aliphatic heterocycles. The zero-order valence-electron chi connectivity index (χ0n) is 10.3. The van der Waals surface area contributed by atoms with Gasteiger partial charge in [-0.1, -0.05) is 31.5 Å². The average molecular weight is 252 g/mol. The predicted octanol–water partition coefficient (Wildman–Crippen LogP) is 2.97. The molecule has 0 saturated carbocycles. The SMILES string of the molecule is CCN(CC)CCNc1c(Cl)cccc1C#N. The van der Waals surface area contributed by atoms with Gasteiger partial charge >= 0.3 is 0 Å². The third kappa shape index (κ3) is 3.92. The molecule has 0 bridgehead atoms. The number of rotatable bonds is 6. The van der Waals surface area contributed by atoms with Crippen LogP contribution in [0.25, 0.3) is 0 Å². The summed E-state index contributed by atoms with van der Waals surface area (Å²) in [6.45, 7) is 8.08. The van der Waals surface area contributed by atoms with Gasteiger partial charge in [0, 0.05) is 13.1 Å². The molecule has 3 nitrogen and oxygen atoms in total. The van der Waals surface area contributed by atoms with Gasteiger partial charge in [-0.3, -0.25) is 0 Å². The number of halogens is 1. The highest BCUT2D eigenvalue weighted by Crippen LogP contribution is 2.24. The van der Waals surface area contributed by atoms with E-state index in [2.05, 4.69) is 30.1 Å². The van der Waals surface area contributed by atoms with Crippen molar-refractivity contribution in [2.45, 2.75) is 13.8 Å². The van der Waals surface area contributed by atoms with Gasteiger partial charge in [0.15, 0.2) is 0 Å². The summed E-state index contributed by atoms with van der Waals surface area (Å²) >= 11 is 6.06. The Morgan fingerprint density at radius 3 is 2.65 bits per heavy atom. The molecule has 1 aromatic carbocycles. The minimum absolute atomic E-state index is 0.594. The fourth-order valence-corrected chi connectivity index (χ4v) is 1.92. The third-order valence-electron chi connectivity index (χ3n) is 2.76. The molecule has 0 aliphatic rings. The lowest BCUT2D eigenvalue weighted by atomic mass is 10.2. The molecule has 0 aliphatic carbocycles. The van der Waals surface area contributed by atoms with Gasteiger partial charge in [0.25, 0.3) is 0 Å². The summed E-state index contributed by atoms with van der Waals surface area (Å²) in [4.78, 5) is 2.32. The van der Waals surface area contributed by atoms with Crippen molar-refractivity contribution < 1.29 is 0 Å². The van der Waals surface area contributed by atoms with Crippen molar-refractivity contribution in [1.29, 1.82) is 5.26 Å². The smallest absolute Gasteiger partial charge is 0.101 e. The molecule has 0 radical (unpaired) electrons. The second-order valence-corrected chi connectivity index (χ2v) is 4.14. The zero-order chi connectivity index (χ0) is 12.7. The largest absolute Gasteiger partial charge is 0.381 e. The van der Waals surface area contributed by atoms with Crippen molar-refractivity contribution in [3.8, 4) is 6.07 Å². The van der Waals surface area contributed by atoms with E-state index in [-0.39, 0.29) is 0 Å². The lowest BCUT2D eigenvalue weighted by Crippen LogP contribution is -2.28. The van der Waals surface area contributed by atoms with Gasteiger partial charge in [-0.05, 0) is 25.2 Å². The van der Waals surface area contributed by atoms with Crippen LogP contribution in [0.5, 0.6) is 0 Å². The van der Waals surface area contributed by atoms with Crippen LogP contribution in [-0.2, 0) is 0 Å². The van der Waals surface area contributed by atoms with Crippen LogP contribution in [0, 0.1) is 11.3 Å². The van der Waals surface area contributed by atoms with E-state index in [0.717, 1.165) is 31.9 Å². The molecular formula is C13H18ClN3. The average Bonchev–Trinajstić information content (AvgIpc) is 2.36. The molecule has 1 rings (SSSR count). The summed E-state index contributed by atoms with van der Waals surface area (Å²) in [5.41, 5.74) is 1.33. The van der Waals surface area contributed by atoms with Crippen LogP contribution in [-0.4, -0.2) is 31.1 Å². The van der Waals surface area contributed by atoms with Crippen LogP contribution in [0.15, 0.2) is 18.2 Å². The first-order valence-corrected chi connectivity index (χ1v) is 6.25. The van der Waals surface area contributed by atoms with Gasteiger partial charge < -0.3 is 10.2 Å². The first-order chi connectivity index (χ1) is 8.22. The first-order valence-electron chi connectivity index (χ1n) is 5.87. The molecule has 17 heavy (non-hydrogen) atoms. The number of para-hydroxylation sites is 1. The predicted molar refractivity (Wildman–Crippen MR) is 72.4 cm³/mol. The van der Waals surface area contributed by atoms with Gasteiger partial charge in [-0.15, -0.1) is 0 Å². The first kappa shape index (κ1) is 13.8. The number of hydrogen-bond donors (Lipinski definition) is 1. The van der Waals surface area contributed by atoms with Crippen molar-refractivity contribution in [3.63, 3.8) is 0 Å². The summed E-state index contributed by atoms with van der Waals surface area (Å²) < 4.78 is 0. The van der Waals surface area contributed by atoms with Crippen LogP contribution in [0.4, 0.5) is 5.69 Å². The maximum Gasteiger partial charge on any atom is 0.101 e. The van der Waals surface area contributed by atoms with E-state index in [1.807, 2.05) is 0 Å². The summed E-state index contributed by atoms with van der Waals surface area (Å²) in [5.74, 6) is 0. The highest BCUT2D eigenvalue weighted by molar-refractivity contribution is 6.33. The van der Waals surface area contributed by atoms with Crippen molar-refractivity contribution in [2.24, 2.45) is 0 Å². The van der Waals surface area contributed by atoms with Gasteiger partial charge in [0.05, 0.1) is 16.3 Å². The number of nitrogens with one attached hydrogen (secondary N) is 1. The van der Waals surface area contributed by atoms with Crippen molar-refractivity contribution in [2.75, 3.05) is 31.5 Å². The molecule has 92 valence electrons. The number of anilines is 1. The van der Waals surface area contributed by atoms with Crippen molar-refractivity contribution in [3.05, 3.63) is 28.8 Å². The monoisotopic (exact) mass is 251 g/mol. The molecule has 0 atom stereocenters. The summed E-state index contributed by atoms with van der Waals surface area (Å²) in [7, 11) is 0. The standard InChI is InChI=1S/C13H18ClN3/c1-3-17(4-2)9-8-16-13-11(10-15)6-5-7-12(13)14/h5-7,16H,3-4,8-9H2,1-2H3. The zero-order valence-corrected chi connectivity index (χ0v) is 11.1. The molecule has 4 heteroatoms. The molecule has 0 fully saturated rings. The van der Waals surface area contributed by atoms with E-state index in [1.165, 1.54) is 0 Å². The normalized spacial score (nSPS) is 10.3. The molecule has 0 saturated heterocycles. The Balaban J connectivity index is 2.60. The topological polar surface area (TPSA) is 39.1 Å². The molecule has 0 heterocycles. The molecule has 0 aromatic heterocycles. The Kier molecular flexibility index (Phi) is 5.82. The van der Waals surface area contributed by atoms with Crippen LogP contribution in [0.3, 0.4) is 0 Å². The van der Waals surface area contributed by atoms with Gasteiger partial charge in [-0.25, -0.2) is 0 Å². The number of hydrogen-bond acceptors (Lipinski definition) is 3. The van der Waals surface area contributed by atoms with E-state index in [1.54, 1.807) is 18.2 Å². The van der Waals surface area contributed by atoms with Crippen LogP contribution in [0.2, 0.25) is 5.02 Å². The maximum atomic E-state index is 8.98. The minimum Gasteiger partial charge on any atom is -0.381 e. The molecule has 0 amide bonds. The third-order valence-corrected chi connectivity index (χ3v) is 3.07. The highest BCUT2D eigenvalue weighted by Gasteiger charge is 2.06. The fraction of sp³-hybridized carbons (Fsp3) is 0.462. The molecule has 0 spiro atoms. The summed E-state index contributed by atoms with van der Waals surface area (Å²) in [6.07, 6.45) is 0. The van der Waals surface area contributed by atoms with E-state index in [9.17, 15) is 0 Å². The highest BCUT2D eigenvalue weighted by atomic mass is 35.5. The molecule has 1 aromatic rings. The summed E-state index contributed by atoms with van der Waals surface area (Å²) in [5, 5.41) is 12.8. The van der Waals surface area contributed by atoms with E-state index in [0.29, 0.717) is 10.6 Å². The molecular weight excluding hydrogens is 234 g/mol. The molecule has 1 N–H and O–H groups in total. The van der Waals surface area contributed by atoms with E-state index < -0.39 is 0 Å².